The molecule has 110 heavy (non-hydrogen) atoms. The van der Waals surface area contributed by atoms with Crippen molar-refractivity contribution in [3.8, 4) is 0 Å². The quantitative estimate of drug-likeness (QED) is 0.0465. The molecule has 0 amide bonds. The lowest BCUT2D eigenvalue weighted by Crippen LogP contribution is -2.44. The van der Waals surface area contributed by atoms with Crippen LogP contribution in [0.25, 0.3) is 43.6 Å². The van der Waals surface area contributed by atoms with Gasteiger partial charge in [-0.1, -0.05) is 176 Å². The molecule has 2 aliphatic heterocycles. The summed E-state index contributed by atoms with van der Waals surface area (Å²) in [5, 5.41) is 3.70. The molecule has 572 valence electrons. The number of hydrogen-bond donors (Lipinski definition) is 4. The predicted molar refractivity (Wildman–Crippen MR) is 447 cm³/mol. The highest BCUT2D eigenvalue weighted by Crippen LogP contribution is 2.36. The number of nitrogens with one attached hydrogen (secondary N) is 4. The van der Waals surface area contributed by atoms with E-state index in [2.05, 4.69) is 40.6 Å². The minimum absolute atomic E-state index is 0.244. The van der Waals surface area contributed by atoms with Crippen molar-refractivity contribution in [3.05, 3.63) is 263 Å². The van der Waals surface area contributed by atoms with Crippen LogP contribution in [-0.4, -0.2) is 126 Å². The summed E-state index contributed by atoms with van der Waals surface area (Å²) in [7, 11) is -12.5. The second kappa shape index (κ2) is 35.3. The number of piperazine rings is 1. The largest absolute Gasteiger partial charge is 0.304 e. The molecular formula is C86H95N11O8S5. The molecule has 4 N–H and O–H groups in total. The number of aryl methyl sites for hydroxylation is 6. The van der Waals surface area contributed by atoms with Gasteiger partial charge >= 0.3 is 0 Å². The van der Waals surface area contributed by atoms with E-state index in [4.69, 9.17) is 19.9 Å². The van der Waals surface area contributed by atoms with E-state index in [0.717, 1.165) is 168 Å². The number of pyridine rings is 4. The third kappa shape index (κ3) is 21.4. The molecule has 0 unspecified atom stereocenters. The smallest absolute Gasteiger partial charge is 0.261 e. The number of aromatic nitrogens is 4. The normalized spacial score (nSPS) is 15.2. The number of fused-ring (bicyclic) bond motifs is 4. The molecule has 4 fully saturated rings. The van der Waals surface area contributed by atoms with Gasteiger partial charge in [-0.2, -0.15) is 11.8 Å². The number of sulfonamides is 4. The van der Waals surface area contributed by atoms with Crippen LogP contribution in [0.15, 0.2) is 238 Å². The standard InChI is InChI=1S/C22H26N4O2S.C22H24N2O2S.C21H23N3O2S2.C21H22N2O2S/c1-17-6-10-20(11-7-17)29(27,28)24-21-5-3-4-18-8-9-19(23-22(18)21)16-26-14-12-25(2)13-15-26;1-16-8-14-20(15-9-16)27(25,26)24-21-7-3-5-18-12-13-19(23-22(18)21)6-2-4-17-10-11-17;1-16-5-9-19(10-6-16)28(25,26)23-20-4-2-3-17-7-8-18(22-21(17)20)15-24-11-13-27-14-12-24;1-15-5-13-19(14-6-15)26(24,25)23-20-4-2-3-17-10-12-18(22-21(17)20)11-9-16-7-8-16/h3-11,24H,12-16H2,1-2H3;3,5,7-9,12-15,17,24H,2,4,6,10-11H2,1H3;2-10,23H,11-15H2,1H3;2-6,10,12-14,16,23H,7-9,11H2,1H3. The minimum atomic E-state index is -3.67. The molecule has 0 bridgehead atoms. The maximum Gasteiger partial charge on any atom is 0.261 e. The van der Waals surface area contributed by atoms with Gasteiger partial charge in [0.15, 0.2) is 0 Å². The number of nitrogens with zero attached hydrogens (tertiary/aromatic N) is 7. The summed E-state index contributed by atoms with van der Waals surface area (Å²) in [5.74, 6) is 4.06. The first-order valence-corrected chi connectivity index (χ1v) is 44.7. The van der Waals surface area contributed by atoms with E-state index in [1.807, 2.05) is 137 Å². The molecule has 16 rings (SSSR count). The van der Waals surface area contributed by atoms with Crippen molar-refractivity contribution in [2.24, 2.45) is 11.8 Å². The summed E-state index contributed by atoms with van der Waals surface area (Å²) in [6, 6.07) is 65.9. The Bertz CT molecular complexity index is 5690. The van der Waals surface area contributed by atoms with Crippen molar-refractivity contribution >= 4 is 118 Å². The highest BCUT2D eigenvalue weighted by Gasteiger charge is 2.25. The third-order valence-corrected chi connectivity index (χ3v) is 26.6. The molecule has 12 aromatic rings. The van der Waals surface area contributed by atoms with E-state index in [1.54, 1.807) is 121 Å². The molecule has 2 aliphatic carbocycles. The maximum absolute atomic E-state index is 12.8. The van der Waals surface area contributed by atoms with Gasteiger partial charge in [0.1, 0.15) is 0 Å². The second-order valence-corrected chi connectivity index (χ2v) is 37.1. The van der Waals surface area contributed by atoms with Crippen LogP contribution in [-0.2, 0) is 66.0 Å². The molecule has 19 nitrogen and oxygen atoms in total. The first kappa shape index (κ1) is 78.7. The number of likely N-dealkylation sites (N-methyl/N-ethyl adjacent to an activating group) is 1. The first-order valence-electron chi connectivity index (χ1n) is 37.6. The van der Waals surface area contributed by atoms with E-state index in [9.17, 15) is 33.7 Å². The Labute approximate surface area is 652 Å². The average molecular weight is 1570 g/mol. The maximum atomic E-state index is 12.8. The number of benzene rings is 8. The fourth-order valence-corrected chi connectivity index (χ4v) is 18.4. The van der Waals surface area contributed by atoms with Crippen LogP contribution in [0, 0.1) is 39.5 Å². The van der Waals surface area contributed by atoms with E-state index < -0.39 is 40.1 Å². The Morgan fingerprint density at radius 3 is 0.955 bits per heavy atom. The van der Waals surface area contributed by atoms with Gasteiger partial charge in [0.2, 0.25) is 0 Å². The van der Waals surface area contributed by atoms with Gasteiger partial charge in [-0.15, -0.1) is 0 Å². The molecule has 24 heteroatoms. The van der Waals surface area contributed by atoms with Crippen LogP contribution in [0.3, 0.4) is 0 Å². The van der Waals surface area contributed by atoms with Crippen LogP contribution in [0.1, 0.15) is 90.0 Å². The number of para-hydroxylation sites is 4. The lowest BCUT2D eigenvalue weighted by atomic mass is 10.1. The summed E-state index contributed by atoms with van der Waals surface area (Å²) in [4.78, 5) is 27.2. The summed E-state index contributed by atoms with van der Waals surface area (Å²) in [6.45, 7) is 15.5. The molecule has 4 aromatic heterocycles. The lowest BCUT2D eigenvalue weighted by Gasteiger charge is -2.32. The number of rotatable bonds is 23. The van der Waals surface area contributed by atoms with Crippen molar-refractivity contribution < 1.29 is 33.7 Å². The number of hydrogen-bond acceptors (Lipinski definition) is 16. The van der Waals surface area contributed by atoms with Gasteiger partial charge in [0, 0.05) is 96.8 Å². The van der Waals surface area contributed by atoms with Crippen LogP contribution < -0.4 is 18.9 Å². The van der Waals surface area contributed by atoms with Crippen molar-refractivity contribution in [1.82, 2.24) is 34.6 Å². The SMILES string of the molecule is Cc1ccc(S(=O)(=O)Nc2cccc3ccc(CCC4CC4)nc23)cc1.Cc1ccc(S(=O)(=O)Nc2cccc3ccc(CCCC4CC4)nc23)cc1.Cc1ccc(S(=O)(=O)Nc2cccc3ccc(CN4CCN(C)CC4)nc23)cc1.Cc1ccc(S(=O)(=O)Nc2cccc3ccc(CN4CCSCC4)nc23)cc1. The van der Waals surface area contributed by atoms with Gasteiger partial charge in [-0.25, -0.2) is 43.6 Å². The van der Waals surface area contributed by atoms with E-state index in [-0.39, 0.29) is 19.6 Å². The summed E-state index contributed by atoms with van der Waals surface area (Å²) in [5.41, 5.74) is 12.9. The topological polar surface area (TPSA) is 246 Å². The van der Waals surface area contributed by atoms with E-state index >= 15 is 0 Å². The lowest BCUT2D eigenvalue weighted by molar-refractivity contribution is 0.147. The molecule has 2 saturated carbocycles. The van der Waals surface area contributed by atoms with Gasteiger partial charge in [-0.05, 0) is 169 Å². The fourth-order valence-electron chi connectivity index (χ4n) is 13.2. The van der Waals surface area contributed by atoms with Gasteiger partial charge < -0.3 is 4.90 Å². The van der Waals surface area contributed by atoms with E-state index in [0.29, 0.717) is 44.8 Å². The Morgan fingerprint density at radius 1 is 0.336 bits per heavy atom. The van der Waals surface area contributed by atoms with Crippen LogP contribution in [0.2, 0.25) is 0 Å². The van der Waals surface area contributed by atoms with Crippen LogP contribution in [0.4, 0.5) is 22.7 Å². The van der Waals surface area contributed by atoms with Crippen molar-refractivity contribution in [3.63, 3.8) is 0 Å². The third-order valence-electron chi connectivity index (χ3n) is 20.1. The van der Waals surface area contributed by atoms with Crippen LogP contribution in [0.5, 0.6) is 0 Å². The molecule has 2 saturated heterocycles. The van der Waals surface area contributed by atoms with Gasteiger partial charge in [-0.3, -0.25) is 38.7 Å². The zero-order valence-electron chi connectivity index (χ0n) is 62.8. The summed E-state index contributed by atoms with van der Waals surface area (Å²) >= 11 is 1.98. The highest BCUT2D eigenvalue weighted by atomic mass is 32.2. The summed E-state index contributed by atoms with van der Waals surface area (Å²) < 4.78 is 113. The fraction of sp³-hybridized carbons (Fsp3) is 0.302. The van der Waals surface area contributed by atoms with Crippen molar-refractivity contribution in [2.45, 2.75) is 118 Å². The molecule has 0 radical (unpaired) electrons. The average Bonchev–Trinajstić information content (AvgIpc) is 1.14. The Balaban J connectivity index is 0.000000129. The molecule has 0 atom stereocenters. The van der Waals surface area contributed by atoms with Crippen molar-refractivity contribution in [1.29, 1.82) is 0 Å². The molecule has 8 aromatic carbocycles. The first-order chi connectivity index (χ1) is 52.9. The Hall–Kier alpha value is -9.37. The van der Waals surface area contributed by atoms with Gasteiger partial charge in [0.25, 0.3) is 40.1 Å². The highest BCUT2D eigenvalue weighted by molar-refractivity contribution is 7.99. The summed E-state index contributed by atoms with van der Waals surface area (Å²) in [6.07, 6.45) is 10.8. The van der Waals surface area contributed by atoms with Gasteiger partial charge in [0.05, 0.1) is 75.8 Å². The zero-order valence-corrected chi connectivity index (χ0v) is 66.9. The predicted octanol–water partition coefficient (Wildman–Crippen LogP) is 16.7. The second-order valence-electron chi connectivity index (χ2n) is 29.2. The Kier molecular flexibility index (Phi) is 25.3. The zero-order chi connectivity index (χ0) is 77.0. The minimum Gasteiger partial charge on any atom is -0.304 e. The molecular weight excluding hydrogens is 1480 g/mol. The Morgan fingerprint density at radius 2 is 0.627 bits per heavy atom. The number of thioether (sulfide) groups is 1. The molecule has 6 heterocycles. The van der Waals surface area contributed by atoms with Crippen LogP contribution >= 0.6 is 11.8 Å². The monoisotopic (exact) mass is 1570 g/mol. The molecule has 4 aliphatic rings. The number of anilines is 4. The van der Waals surface area contributed by atoms with E-state index in [1.165, 1.54) is 32.1 Å². The molecule has 0 spiro atoms. The van der Waals surface area contributed by atoms with Crippen molar-refractivity contribution in [2.75, 3.05) is 76.7 Å².